The van der Waals surface area contributed by atoms with Crippen molar-refractivity contribution in [3.8, 4) is 0 Å². The molecule has 134 valence electrons. The van der Waals surface area contributed by atoms with Crippen LogP contribution < -0.4 is 10.9 Å². The number of carbonyl (C=O) groups excluding carboxylic acids is 1. The quantitative estimate of drug-likeness (QED) is 0.834. The molecule has 1 aliphatic rings. The summed E-state index contributed by atoms with van der Waals surface area (Å²) in [5, 5.41) is 8.54. The number of aryl methyl sites for hydroxylation is 1. The third-order valence-electron chi connectivity index (χ3n) is 4.82. The summed E-state index contributed by atoms with van der Waals surface area (Å²) < 4.78 is 1.40. The van der Waals surface area contributed by atoms with Crippen LogP contribution >= 0.6 is 0 Å². The molecule has 0 aliphatic heterocycles. The van der Waals surface area contributed by atoms with Gasteiger partial charge >= 0.3 is 0 Å². The van der Waals surface area contributed by atoms with E-state index in [1.807, 2.05) is 33.2 Å². The Hall–Kier alpha value is -2.21. The average molecular weight is 342 g/mol. The Bertz CT molecular complexity index is 822. The molecule has 1 aliphatic carbocycles. The first-order valence-corrected chi connectivity index (χ1v) is 8.97. The average Bonchev–Trinajstić information content (AvgIpc) is 3.42. The van der Waals surface area contributed by atoms with Crippen LogP contribution in [0, 0.1) is 5.92 Å². The number of hydrogen-bond donors (Lipinski definition) is 1. The molecule has 0 saturated heterocycles. The van der Waals surface area contributed by atoms with Crippen LogP contribution in [0.5, 0.6) is 0 Å². The summed E-state index contributed by atoms with van der Waals surface area (Å²) in [6, 6.07) is 7.54. The number of likely N-dealkylation sites (N-methyl/N-ethyl adjacent to an activating group) is 1. The van der Waals surface area contributed by atoms with Gasteiger partial charge in [-0.3, -0.25) is 9.59 Å². The third-order valence-corrected chi connectivity index (χ3v) is 4.82. The standard InChI is InChI=1S/C19H26N4O2/c1-4-11-23-19(25)15-8-6-5-7-14(15)17(21-23)18(24)20-12-16(22(2)3)13-9-10-13/h5-8,13,16H,4,9-12H2,1-3H3,(H,20,24)/t16-/m1/s1. The van der Waals surface area contributed by atoms with E-state index < -0.39 is 0 Å². The summed E-state index contributed by atoms with van der Waals surface area (Å²) in [4.78, 5) is 27.5. The summed E-state index contributed by atoms with van der Waals surface area (Å²) >= 11 is 0. The highest BCUT2D eigenvalue weighted by Gasteiger charge is 2.33. The number of nitrogens with one attached hydrogen (secondary N) is 1. The monoisotopic (exact) mass is 342 g/mol. The number of amides is 1. The number of carbonyl (C=O) groups is 1. The minimum absolute atomic E-state index is 0.141. The predicted octanol–water partition coefficient (Wildman–Crippen LogP) is 1.88. The van der Waals surface area contributed by atoms with Crippen molar-refractivity contribution in [3.05, 3.63) is 40.3 Å². The van der Waals surface area contributed by atoms with E-state index in [1.54, 1.807) is 12.1 Å². The highest BCUT2D eigenvalue weighted by atomic mass is 16.2. The zero-order valence-electron chi connectivity index (χ0n) is 15.2. The van der Waals surface area contributed by atoms with Crippen molar-refractivity contribution < 1.29 is 4.79 Å². The number of aromatic nitrogens is 2. The van der Waals surface area contributed by atoms with E-state index in [0.717, 1.165) is 6.42 Å². The SMILES string of the molecule is CCCn1nc(C(=O)NC[C@H](C2CC2)N(C)C)c2ccccc2c1=O. The Kier molecular flexibility index (Phi) is 5.18. The number of fused-ring (bicyclic) bond motifs is 1. The van der Waals surface area contributed by atoms with Crippen LogP contribution in [0.1, 0.15) is 36.7 Å². The molecular formula is C19H26N4O2. The Balaban J connectivity index is 1.89. The topological polar surface area (TPSA) is 67.2 Å². The first kappa shape index (κ1) is 17.6. The summed E-state index contributed by atoms with van der Waals surface area (Å²) in [5.41, 5.74) is 0.190. The normalized spacial score (nSPS) is 15.5. The van der Waals surface area contributed by atoms with E-state index in [1.165, 1.54) is 17.5 Å². The Labute approximate surface area is 147 Å². The summed E-state index contributed by atoms with van der Waals surface area (Å²) in [6.07, 6.45) is 3.24. The molecule has 2 aromatic rings. The zero-order chi connectivity index (χ0) is 18.0. The molecule has 6 heteroatoms. The maximum atomic E-state index is 12.8. The van der Waals surface area contributed by atoms with Crippen LogP contribution in [0.2, 0.25) is 0 Å². The van der Waals surface area contributed by atoms with Gasteiger partial charge in [0, 0.05) is 24.5 Å². The first-order chi connectivity index (χ1) is 12.0. The molecule has 1 atom stereocenters. The fraction of sp³-hybridized carbons (Fsp3) is 0.526. The van der Waals surface area contributed by atoms with E-state index >= 15 is 0 Å². The van der Waals surface area contributed by atoms with Gasteiger partial charge in [0.05, 0.1) is 5.39 Å². The molecule has 1 aromatic heterocycles. The lowest BCUT2D eigenvalue weighted by molar-refractivity contribution is 0.0933. The van der Waals surface area contributed by atoms with Gasteiger partial charge in [-0.15, -0.1) is 0 Å². The van der Waals surface area contributed by atoms with Crippen molar-refractivity contribution in [1.29, 1.82) is 0 Å². The molecule has 1 fully saturated rings. The van der Waals surface area contributed by atoms with Gasteiger partial charge in [0.2, 0.25) is 0 Å². The second kappa shape index (κ2) is 7.35. The van der Waals surface area contributed by atoms with Crippen molar-refractivity contribution in [2.24, 2.45) is 5.92 Å². The van der Waals surface area contributed by atoms with E-state index in [4.69, 9.17) is 0 Å². The van der Waals surface area contributed by atoms with Crippen LogP contribution in [0.3, 0.4) is 0 Å². The van der Waals surface area contributed by atoms with E-state index in [9.17, 15) is 9.59 Å². The number of rotatable bonds is 7. The summed E-state index contributed by atoms with van der Waals surface area (Å²) in [7, 11) is 4.09. The predicted molar refractivity (Wildman–Crippen MR) is 98.8 cm³/mol. The lowest BCUT2D eigenvalue weighted by Gasteiger charge is -2.24. The zero-order valence-corrected chi connectivity index (χ0v) is 15.2. The molecule has 0 radical (unpaired) electrons. The Morgan fingerprint density at radius 1 is 1.32 bits per heavy atom. The minimum atomic E-state index is -0.214. The largest absolute Gasteiger partial charge is 0.349 e. The van der Waals surface area contributed by atoms with Crippen LogP contribution in [0.15, 0.2) is 29.1 Å². The second-order valence-electron chi connectivity index (χ2n) is 7.00. The van der Waals surface area contributed by atoms with Crippen LogP contribution in [0.25, 0.3) is 10.8 Å². The van der Waals surface area contributed by atoms with Crippen molar-refractivity contribution >= 4 is 16.7 Å². The lowest BCUT2D eigenvalue weighted by atomic mass is 10.1. The fourth-order valence-electron chi connectivity index (χ4n) is 3.30. The summed E-state index contributed by atoms with van der Waals surface area (Å²) in [5.74, 6) is 0.447. The maximum Gasteiger partial charge on any atom is 0.274 e. The van der Waals surface area contributed by atoms with Crippen LogP contribution in [-0.2, 0) is 6.54 Å². The molecule has 25 heavy (non-hydrogen) atoms. The van der Waals surface area contributed by atoms with E-state index in [0.29, 0.717) is 41.5 Å². The molecule has 1 N–H and O–H groups in total. The van der Waals surface area contributed by atoms with Gasteiger partial charge in [-0.25, -0.2) is 4.68 Å². The van der Waals surface area contributed by atoms with Crippen LogP contribution in [-0.4, -0.2) is 47.3 Å². The molecule has 1 heterocycles. The van der Waals surface area contributed by atoms with Gasteiger partial charge in [-0.2, -0.15) is 5.10 Å². The van der Waals surface area contributed by atoms with Gasteiger partial charge in [-0.05, 0) is 45.3 Å². The van der Waals surface area contributed by atoms with Crippen molar-refractivity contribution in [2.75, 3.05) is 20.6 Å². The fourth-order valence-corrected chi connectivity index (χ4v) is 3.30. The molecule has 1 saturated carbocycles. The smallest absolute Gasteiger partial charge is 0.274 e. The van der Waals surface area contributed by atoms with Crippen molar-refractivity contribution in [3.63, 3.8) is 0 Å². The van der Waals surface area contributed by atoms with E-state index in [-0.39, 0.29) is 11.5 Å². The van der Waals surface area contributed by atoms with Gasteiger partial charge in [0.25, 0.3) is 11.5 Å². The molecule has 0 unspecified atom stereocenters. The molecule has 1 amide bonds. The molecule has 0 bridgehead atoms. The summed E-state index contributed by atoms with van der Waals surface area (Å²) in [6.45, 7) is 3.09. The van der Waals surface area contributed by atoms with Crippen LogP contribution in [0.4, 0.5) is 0 Å². The highest BCUT2D eigenvalue weighted by Crippen LogP contribution is 2.34. The molecule has 6 nitrogen and oxygen atoms in total. The third kappa shape index (κ3) is 3.74. The number of nitrogens with zero attached hydrogens (tertiary/aromatic N) is 3. The van der Waals surface area contributed by atoms with Gasteiger partial charge < -0.3 is 10.2 Å². The van der Waals surface area contributed by atoms with E-state index in [2.05, 4.69) is 15.3 Å². The molecule has 1 aromatic carbocycles. The lowest BCUT2D eigenvalue weighted by Crippen LogP contribution is -2.42. The maximum absolute atomic E-state index is 12.8. The Morgan fingerprint density at radius 3 is 2.60 bits per heavy atom. The second-order valence-corrected chi connectivity index (χ2v) is 7.00. The minimum Gasteiger partial charge on any atom is -0.349 e. The number of hydrogen-bond acceptors (Lipinski definition) is 4. The first-order valence-electron chi connectivity index (χ1n) is 8.97. The van der Waals surface area contributed by atoms with Crippen molar-refractivity contribution in [2.45, 2.75) is 38.8 Å². The Morgan fingerprint density at radius 2 is 2.00 bits per heavy atom. The molecular weight excluding hydrogens is 316 g/mol. The van der Waals surface area contributed by atoms with Gasteiger partial charge in [0.15, 0.2) is 5.69 Å². The highest BCUT2D eigenvalue weighted by molar-refractivity contribution is 6.04. The number of benzene rings is 1. The van der Waals surface area contributed by atoms with Gasteiger partial charge in [-0.1, -0.05) is 25.1 Å². The van der Waals surface area contributed by atoms with Gasteiger partial charge in [0.1, 0.15) is 0 Å². The molecule has 3 rings (SSSR count). The molecule has 0 spiro atoms. The van der Waals surface area contributed by atoms with Crippen molar-refractivity contribution in [1.82, 2.24) is 20.0 Å².